The Hall–Kier alpha value is -1.73. The van der Waals surface area contributed by atoms with Crippen LogP contribution in [-0.4, -0.2) is 57.3 Å². The van der Waals surface area contributed by atoms with Crippen LogP contribution in [-0.2, 0) is 4.74 Å². The van der Waals surface area contributed by atoms with E-state index >= 15 is 0 Å². The number of rotatable bonds is 5. The van der Waals surface area contributed by atoms with Crippen LogP contribution in [0.4, 0.5) is 8.78 Å². The number of aliphatic imine (C=N–C) groups is 1. The minimum atomic E-state index is -0.845. The summed E-state index contributed by atoms with van der Waals surface area (Å²) in [5.41, 5.74) is 0.677. The highest BCUT2D eigenvalue weighted by molar-refractivity contribution is 5.80. The number of nitrogens with zero attached hydrogens (tertiary/aromatic N) is 2. The zero-order chi connectivity index (χ0) is 18.4. The van der Waals surface area contributed by atoms with Gasteiger partial charge in [0, 0.05) is 32.3 Å². The largest absolute Gasteiger partial charge is 0.381 e. The predicted molar refractivity (Wildman–Crippen MR) is 95.7 cm³/mol. The van der Waals surface area contributed by atoms with Gasteiger partial charge in [-0.1, -0.05) is 6.07 Å². The van der Waals surface area contributed by atoms with Crippen molar-refractivity contribution in [1.82, 2.24) is 15.5 Å². The molecule has 0 bridgehead atoms. The molecule has 2 rings (SSSR count). The molecule has 0 aromatic heterocycles. The first-order chi connectivity index (χ1) is 11.9. The molecule has 1 saturated heterocycles. The highest BCUT2D eigenvalue weighted by atomic mass is 19.2. The van der Waals surface area contributed by atoms with E-state index in [2.05, 4.69) is 34.6 Å². The molecule has 1 aliphatic heterocycles. The number of guanidine groups is 1. The summed E-state index contributed by atoms with van der Waals surface area (Å²) in [4.78, 5) is 6.48. The standard InChI is InChI=1S/C18H28F2N4O/c1-13(14-5-6-15(19)16(20)11-14)23-17(21-2)22-12-18(24(3)4)7-9-25-10-8-18/h5-6,11,13H,7-10,12H2,1-4H3,(H2,21,22,23). The molecule has 1 unspecified atom stereocenters. The third kappa shape index (κ3) is 4.89. The molecule has 0 aliphatic carbocycles. The molecule has 1 atom stereocenters. The zero-order valence-electron chi connectivity index (χ0n) is 15.4. The first-order valence-corrected chi connectivity index (χ1v) is 8.55. The Morgan fingerprint density at radius 2 is 1.96 bits per heavy atom. The maximum atomic E-state index is 13.4. The summed E-state index contributed by atoms with van der Waals surface area (Å²) in [6.07, 6.45) is 1.89. The van der Waals surface area contributed by atoms with Gasteiger partial charge in [0.2, 0.25) is 0 Å². The minimum Gasteiger partial charge on any atom is -0.381 e. The number of hydrogen-bond donors (Lipinski definition) is 2. The van der Waals surface area contributed by atoms with Crippen LogP contribution in [0.1, 0.15) is 31.4 Å². The molecule has 25 heavy (non-hydrogen) atoms. The monoisotopic (exact) mass is 354 g/mol. The second-order valence-corrected chi connectivity index (χ2v) is 6.70. The zero-order valence-corrected chi connectivity index (χ0v) is 15.4. The Morgan fingerprint density at radius 3 is 2.52 bits per heavy atom. The van der Waals surface area contributed by atoms with E-state index in [1.54, 1.807) is 13.1 Å². The summed E-state index contributed by atoms with van der Waals surface area (Å²) in [7, 11) is 5.85. The van der Waals surface area contributed by atoms with Crippen molar-refractivity contribution in [3.8, 4) is 0 Å². The van der Waals surface area contributed by atoms with Crippen LogP contribution >= 0.6 is 0 Å². The second kappa shape index (κ2) is 8.58. The lowest BCUT2D eigenvalue weighted by Crippen LogP contribution is -2.57. The minimum absolute atomic E-state index is 0.0150. The average molecular weight is 354 g/mol. The lowest BCUT2D eigenvalue weighted by atomic mass is 9.88. The van der Waals surface area contributed by atoms with E-state index in [1.807, 2.05) is 6.92 Å². The van der Waals surface area contributed by atoms with Crippen LogP contribution in [0.5, 0.6) is 0 Å². The Bertz CT molecular complexity index is 601. The quantitative estimate of drug-likeness (QED) is 0.629. The van der Waals surface area contributed by atoms with Gasteiger partial charge in [-0.3, -0.25) is 4.99 Å². The fourth-order valence-corrected chi connectivity index (χ4v) is 3.05. The third-order valence-corrected chi connectivity index (χ3v) is 4.98. The smallest absolute Gasteiger partial charge is 0.191 e. The van der Waals surface area contributed by atoms with Gasteiger partial charge in [0.05, 0.1) is 6.04 Å². The van der Waals surface area contributed by atoms with Gasteiger partial charge in [-0.15, -0.1) is 0 Å². The highest BCUT2D eigenvalue weighted by Crippen LogP contribution is 2.25. The summed E-state index contributed by atoms with van der Waals surface area (Å²) in [6, 6.07) is 3.72. The lowest BCUT2D eigenvalue weighted by molar-refractivity contribution is -0.00502. The molecule has 140 valence electrons. The number of hydrogen-bond acceptors (Lipinski definition) is 3. The third-order valence-electron chi connectivity index (χ3n) is 4.98. The maximum Gasteiger partial charge on any atom is 0.191 e. The summed E-state index contributed by atoms with van der Waals surface area (Å²) in [6.45, 7) is 4.11. The van der Waals surface area contributed by atoms with E-state index in [0.717, 1.165) is 38.7 Å². The molecule has 1 aromatic carbocycles. The number of nitrogens with one attached hydrogen (secondary N) is 2. The van der Waals surface area contributed by atoms with Gasteiger partial charge >= 0.3 is 0 Å². The van der Waals surface area contributed by atoms with E-state index in [-0.39, 0.29) is 11.6 Å². The van der Waals surface area contributed by atoms with Crippen molar-refractivity contribution in [3.05, 3.63) is 35.4 Å². The first-order valence-electron chi connectivity index (χ1n) is 8.55. The average Bonchev–Trinajstić information content (AvgIpc) is 2.61. The van der Waals surface area contributed by atoms with Crippen LogP contribution in [0.15, 0.2) is 23.2 Å². The number of halogens is 2. The number of likely N-dealkylation sites (N-methyl/N-ethyl adjacent to an activating group) is 1. The van der Waals surface area contributed by atoms with Crippen LogP contribution in [0.2, 0.25) is 0 Å². The summed E-state index contributed by atoms with van der Waals surface area (Å²) in [5, 5.41) is 6.59. The molecule has 1 aliphatic rings. The van der Waals surface area contributed by atoms with Crippen molar-refractivity contribution in [2.45, 2.75) is 31.3 Å². The van der Waals surface area contributed by atoms with Crippen molar-refractivity contribution in [2.75, 3.05) is 40.9 Å². The van der Waals surface area contributed by atoms with Gasteiger partial charge in [-0.25, -0.2) is 8.78 Å². The van der Waals surface area contributed by atoms with Gasteiger partial charge in [0.15, 0.2) is 17.6 Å². The van der Waals surface area contributed by atoms with E-state index in [0.29, 0.717) is 11.5 Å². The molecular weight excluding hydrogens is 326 g/mol. The summed E-state index contributed by atoms with van der Waals surface area (Å²) >= 11 is 0. The van der Waals surface area contributed by atoms with E-state index in [9.17, 15) is 8.78 Å². The van der Waals surface area contributed by atoms with E-state index in [4.69, 9.17) is 4.74 Å². The van der Waals surface area contributed by atoms with Gasteiger partial charge in [0.1, 0.15) is 0 Å². The van der Waals surface area contributed by atoms with Crippen LogP contribution < -0.4 is 10.6 Å². The topological polar surface area (TPSA) is 48.9 Å². The lowest BCUT2D eigenvalue weighted by Gasteiger charge is -2.43. The fraction of sp³-hybridized carbons (Fsp3) is 0.611. The summed E-state index contributed by atoms with van der Waals surface area (Å²) < 4.78 is 32.0. The van der Waals surface area contributed by atoms with E-state index in [1.165, 1.54) is 6.07 Å². The molecule has 0 saturated carbocycles. The number of benzene rings is 1. The maximum absolute atomic E-state index is 13.4. The van der Waals surface area contributed by atoms with Crippen molar-refractivity contribution >= 4 is 5.96 Å². The molecule has 7 heteroatoms. The number of ether oxygens (including phenoxy) is 1. The van der Waals surface area contributed by atoms with Crippen LogP contribution in [0.25, 0.3) is 0 Å². The van der Waals surface area contributed by atoms with Crippen LogP contribution in [0.3, 0.4) is 0 Å². The van der Waals surface area contributed by atoms with Gasteiger partial charge in [0.25, 0.3) is 0 Å². The van der Waals surface area contributed by atoms with Crippen molar-refractivity contribution in [3.63, 3.8) is 0 Å². The Balaban J connectivity index is 1.98. The molecule has 5 nitrogen and oxygen atoms in total. The molecule has 2 N–H and O–H groups in total. The fourth-order valence-electron chi connectivity index (χ4n) is 3.05. The SMILES string of the molecule is CN=C(NCC1(N(C)C)CCOCC1)NC(C)c1ccc(F)c(F)c1. The first kappa shape index (κ1) is 19.6. The molecule has 0 amide bonds. The van der Waals surface area contributed by atoms with Gasteiger partial charge in [-0.2, -0.15) is 0 Å². The molecule has 0 spiro atoms. The molecular formula is C18H28F2N4O. The molecule has 1 aromatic rings. The summed E-state index contributed by atoms with van der Waals surface area (Å²) in [5.74, 6) is -1.06. The Labute approximate surface area is 148 Å². The Morgan fingerprint density at radius 1 is 1.28 bits per heavy atom. The van der Waals surface area contributed by atoms with Gasteiger partial charge in [-0.05, 0) is 51.6 Å². The molecule has 1 heterocycles. The Kier molecular flexibility index (Phi) is 6.72. The highest BCUT2D eigenvalue weighted by Gasteiger charge is 2.34. The van der Waals surface area contributed by atoms with E-state index < -0.39 is 11.6 Å². The van der Waals surface area contributed by atoms with Crippen molar-refractivity contribution in [2.24, 2.45) is 4.99 Å². The second-order valence-electron chi connectivity index (χ2n) is 6.70. The normalized spacial score (nSPS) is 18.9. The molecule has 1 fully saturated rings. The van der Waals surface area contributed by atoms with Crippen molar-refractivity contribution < 1.29 is 13.5 Å². The van der Waals surface area contributed by atoms with Crippen molar-refractivity contribution in [1.29, 1.82) is 0 Å². The van der Waals surface area contributed by atoms with Gasteiger partial charge < -0.3 is 20.3 Å². The van der Waals surface area contributed by atoms with Crippen LogP contribution in [0, 0.1) is 11.6 Å². The predicted octanol–water partition coefficient (Wildman–Crippen LogP) is 2.30. The molecule has 0 radical (unpaired) electrons.